The molecular formula is C20H26N2O5. The number of carbonyl (C=O) groups excluding carboxylic acids is 2. The molecule has 0 aromatic heterocycles. The van der Waals surface area contributed by atoms with Crippen molar-refractivity contribution in [3.05, 3.63) is 42.0 Å². The Kier molecular flexibility index (Phi) is 6.47. The fourth-order valence-corrected chi connectivity index (χ4v) is 3.00. The Morgan fingerprint density at radius 1 is 1.30 bits per heavy atom. The first kappa shape index (κ1) is 19.4. The summed E-state index contributed by atoms with van der Waals surface area (Å²) < 4.78 is 10.9. The number of methoxy groups -OCH3 is 1. The van der Waals surface area contributed by atoms with Gasteiger partial charge in [0.05, 0.1) is 32.3 Å². The molecule has 1 aromatic rings. The zero-order valence-electron chi connectivity index (χ0n) is 15.4. The summed E-state index contributed by atoms with van der Waals surface area (Å²) in [5, 5.41) is 15.3. The second-order valence-electron chi connectivity index (χ2n) is 6.92. The number of benzene rings is 1. The van der Waals surface area contributed by atoms with E-state index in [4.69, 9.17) is 9.47 Å². The molecular weight excluding hydrogens is 348 g/mol. The van der Waals surface area contributed by atoms with Crippen LogP contribution in [0.3, 0.4) is 0 Å². The highest BCUT2D eigenvalue weighted by Gasteiger charge is 2.34. The van der Waals surface area contributed by atoms with Crippen LogP contribution in [0.5, 0.6) is 5.75 Å². The minimum Gasteiger partial charge on any atom is -0.497 e. The van der Waals surface area contributed by atoms with Crippen molar-refractivity contribution in [1.29, 1.82) is 0 Å². The maximum absolute atomic E-state index is 12.2. The van der Waals surface area contributed by atoms with Crippen molar-refractivity contribution in [3.63, 3.8) is 0 Å². The topological polar surface area (TPSA) is 96.9 Å². The zero-order chi connectivity index (χ0) is 19.2. The third kappa shape index (κ3) is 5.55. The maximum atomic E-state index is 12.2. The van der Waals surface area contributed by atoms with E-state index in [0.29, 0.717) is 6.54 Å². The molecule has 3 atom stereocenters. The zero-order valence-corrected chi connectivity index (χ0v) is 15.4. The Bertz CT molecular complexity index is 701. The van der Waals surface area contributed by atoms with E-state index in [9.17, 15) is 14.7 Å². The van der Waals surface area contributed by atoms with Crippen LogP contribution in [-0.4, -0.2) is 48.9 Å². The molecule has 0 radical (unpaired) electrons. The molecule has 146 valence electrons. The summed E-state index contributed by atoms with van der Waals surface area (Å²) in [6, 6.07) is 7.13. The van der Waals surface area contributed by atoms with Gasteiger partial charge < -0.3 is 25.2 Å². The lowest BCUT2D eigenvalue weighted by Crippen LogP contribution is -2.49. The summed E-state index contributed by atoms with van der Waals surface area (Å²) in [5.41, 5.74) is 0.943. The van der Waals surface area contributed by atoms with Crippen LogP contribution in [0, 0.1) is 5.92 Å². The molecule has 7 heteroatoms. The summed E-state index contributed by atoms with van der Waals surface area (Å²) in [4.78, 5) is 24.1. The normalized spacial score (nSPS) is 24.3. The van der Waals surface area contributed by atoms with E-state index in [2.05, 4.69) is 10.6 Å². The van der Waals surface area contributed by atoms with Crippen LogP contribution in [0.15, 0.2) is 36.4 Å². The summed E-state index contributed by atoms with van der Waals surface area (Å²) in [7, 11) is 1.60. The standard InChI is InChI=1S/C20H26N2O5/c1-26-15-4-2-3-13(9-15)11-21-19(24)10-16-7-8-17(18(12-23)27-16)22-20(25)14-5-6-14/h2-4,7-9,14,16-18,23H,5-6,10-12H2,1H3,(H,21,24)(H,22,25)/t16-,17-,18+/m1/s1. The van der Waals surface area contributed by atoms with Gasteiger partial charge in [-0.05, 0) is 30.5 Å². The quantitative estimate of drug-likeness (QED) is 0.588. The van der Waals surface area contributed by atoms with Crippen molar-refractivity contribution < 1.29 is 24.2 Å². The summed E-state index contributed by atoms with van der Waals surface area (Å²) in [6.45, 7) is 0.178. The van der Waals surface area contributed by atoms with Crippen molar-refractivity contribution in [3.8, 4) is 5.75 Å². The van der Waals surface area contributed by atoms with Gasteiger partial charge in [-0.15, -0.1) is 0 Å². The minimum absolute atomic E-state index is 0.00109. The summed E-state index contributed by atoms with van der Waals surface area (Å²) in [6.07, 6.45) is 4.60. The fraction of sp³-hybridized carbons (Fsp3) is 0.500. The van der Waals surface area contributed by atoms with Crippen LogP contribution >= 0.6 is 0 Å². The second-order valence-corrected chi connectivity index (χ2v) is 6.92. The van der Waals surface area contributed by atoms with Crippen LogP contribution in [0.25, 0.3) is 0 Å². The monoisotopic (exact) mass is 374 g/mol. The number of aliphatic hydroxyl groups is 1. The minimum atomic E-state index is -0.547. The van der Waals surface area contributed by atoms with Crippen LogP contribution in [0.1, 0.15) is 24.8 Å². The number of aliphatic hydroxyl groups excluding tert-OH is 1. The highest BCUT2D eigenvalue weighted by Crippen LogP contribution is 2.29. The lowest BCUT2D eigenvalue weighted by Gasteiger charge is -2.31. The number of amides is 2. The highest BCUT2D eigenvalue weighted by molar-refractivity contribution is 5.81. The van der Waals surface area contributed by atoms with Crippen molar-refractivity contribution in [2.45, 2.75) is 44.1 Å². The molecule has 1 saturated carbocycles. The molecule has 0 bridgehead atoms. The molecule has 0 unspecified atom stereocenters. The van der Waals surface area contributed by atoms with E-state index in [-0.39, 0.29) is 36.8 Å². The average Bonchev–Trinajstić information content (AvgIpc) is 3.53. The molecule has 7 nitrogen and oxygen atoms in total. The number of nitrogens with one attached hydrogen (secondary N) is 2. The van der Waals surface area contributed by atoms with E-state index in [1.807, 2.05) is 30.3 Å². The Morgan fingerprint density at radius 3 is 2.81 bits per heavy atom. The summed E-state index contributed by atoms with van der Waals surface area (Å²) >= 11 is 0. The lowest BCUT2D eigenvalue weighted by molar-refractivity contribution is -0.128. The molecule has 1 heterocycles. The van der Waals surface area contributed by atoms with Crippen molar-refractivity contribution in [2.24, 2.45) is 5.92 Å². The highest BCUT2D eigenvalue weighted by atomic mass is 16.5. The van der Waals surface area contributed by atoms with Gasteiger partial charge in [-0.3, -0.25) is 9.59 Å². The van der Waals surface area contributed by atoms with Gasteiger partial charge in [-0.25, -0.2) is 0 Å². The van der Waals surface area contributed by atoms with Crippen LogP contribution in [0.2, 0.25) is 0 Å². The van der Waals surface area contributed by atoms with Crippen molar-refractivity contribution >= 4 is 11.8 Å². The summed E-state index contributed by atoms with van der Waals surface area (Å²) in [5.74, 6) is 0.689. The molecule has 2 amide bonds. The lowest BCUT2D eigenvalue weighted by atomic mass is 10.0. The van der Waals surface area contributed by atoms with Crippen LogP contribution < -0.4 is 15.4 Å². The van der Waals surface area contributed by atoms with Crippen molar-refractivity contribution in [1.82, 2.24) is 10.6 Å². The Morgan fingerprint density at radius 2 is 2.11 bits per heavy atom. The van der Waals surface area contributed by atoms with E-state index < -0.39 is 12.2 Å². The molecule has 3 rings (SSSR count). The molecule has 1 aliphatic carbocycles. The third-order valence-electron chi connectivity index (χ3n) is 4.73. The molecule has 2 aliphatic rings. The number of ether oxygens (including phenoxy) is 2. The Labute approximate surface area is 158 Å². The average molecular weight is 374 g/mol. The molecule has 0 saturated heterocycles. The first-order valence-electron chi connectivity index (χ1n) is 9.23. The van der Waals surface area contributed by atoms with Gasteiger partial charge >= 0.3 is 0 Å². The molecule has 3 N–H and O–H groups in total. The number of rotatable bonds is 8. The number of hydrogen-bond acceptors (Lipinski definition) is 5. The SMILES string of the molecule is COc1cccc(CNC(=O)C[C@H]2C=C[C@@H](NC(=O)C3CC3)[C@H](CO)O2)c1. The number of carbonyl (C=O) groups is 2. The predicted octanol–water partition coefficient (Wildman–Crippen LogP) is 0.912. The van der Waals surface area contributed by atoms with Crippen LogP contribution in [-0.2, 0) is 20.9 Å². The van der Waals surface area contributed by atoms with Gasteiger partial charge in [0.25, 0.3) is 0 Å². The van der Waals surface area contributed by atoms with Gasteiger partial charge in [-0.2, -0.15) is 0 Å². The van der Waals surface area contributed by atoms with Crippen LogP contribution in [0.4, 0.5) is 0 Å². The van der Waals surface area contributed by atoms with Gasteiger partial charge in [0, 0.05) is 12.5 Å². The molecule has 1 aromatic carbocycles. The van der Waals surface area contributed by atoms with Gasteiger partial charge in [0.2, 0.25) is 11.8 Å². The van der Waals surface area contributed by atoms with Gasteiger partial charge in [0.15, 0.2) is 0 Å². The molecule has 27 heavy (non-hydrogen) atoms. The predicted molar refractivity (Wildman–Crippen MR) is 99.0 cm³/mol. The Hall–Kier alpha value is -2.38. The van der Waals surface area contributed by atoms with E-state index >= 15 is 0 Å². The maximum Gasteiger partial charge on any atom is 0.223 e. The van der Waals surface area contributed by atoms with Crippen molar-refractivity contribution in [2.75, 3.05) is 13.7 Å². The molecule has 1 aliphatic heterocycles. The molecule has 0 spiro atoms. The molecule has 1 fully saturated rings. The van der Waals surface area contributed by atoms with Gasteiger partial charge in [-0.1, -0.05) is 24.3 Å². The fourth-order valence-electron chi connectivity index (χ4n) is 3.00. The first-order valence-corrected chi connectivity index (χ1v) is 9.23. The largest absolute Gasteiger partial charge is 0.497 e. The third-order valence-corrected chi connectivity index (χ3v) is 4.73. The van der Waals surface area contributed by atoms with E-state index in [1.165, 1.54) is 0 Å². The first-order chi connectivity index (χ1) is 13.1. The Balaban J connectivity index is 1.48. The smallest absolute Gasteiger partial charge is 0.223 e. The van der Waals surface area contributed by atoms with Gasteiger partial charge in [0.1, 0.15) is 11.9 Å². The van der Waals surface area contributed by atoms with E-state index in [0.717, 1.165) is 24.2 Å². The van der Waals surface area contributed by atoms with E-state index in [1.54, 1.807) is 13.2 Å². The second kappa shape index (κ2) is 9.01. The number of hydrogen-bond donors (Lipinski definition) is 3.